The van der Waals surface area contributed by atoms with Gasteiger partial charge in [0.25, 0.3) is 10.0 Å². The summed E-state index contributed by atoms with van der Waals surface area (Å²) >= 11 is 0. The van der Waals surface area contributed by atoms with E-state index in [2.05, 4.69) is 20.0 Å². The fraction of sp³-hybridized carbons (Fsp3) is 0.385. The van der Waals surface area contributed by atoms with Crippen molar-refractivity contribution in [3.8, 4) is 0 Å². The van der Waals surface area contributed by atoms with E-state index in [4.69, 9.17) is 0 Å². The van der Waals surface area contributed by atoms with Crippen molar-refractivity contribution in [2.24, 2.45) is 0 Å². The molecule has 0 unspecified atom stereocenters. The molecule has 114 valence electrons. The number of hydrogen-bond donors (Lipinski definition) is 2. The lowest BCUT2D eigenvalue weighted by atomic mass is 10.3. The van der Waals surface area contributed by atoms with Crippen LogP contribution in [-0.2, 0) is 16.6 Å². The van der Waals surface area contributed by atoms with Crippen LogP contribution >= 0.6 is 0 Å². The molecule has 0 aliphatic heterocycles. The molecule has 0 bridgehead atoms. The summed E-state index contributed by atoms with van der Waals surface area (Å²) in [6.45, 7) is 4.62. The van der Waals surface area contributed by atoms with Crippen molar-refractivity contribution in [2.75, 3.05) is 11.8 Å². The number of hydrogen-bond acceptors (Lipinski definition) is 5. The van der Waals surface area contributed by atoms with E-state index in [1.807, 2.05) is 25.5 Å². The quantitative estimate of drug-likeness (QED) is 0.841. The van der Waals surface area contributed by atoms with Gasteiger partial charge in [0.1, 0.15) is 11.2 Å². The van der Waals surface area contributed by atoms with Gasteiger partial charge in [-0.3, -0.25) is 4.72 Å². The van der Waals surface area contributed by atoms with Gasteiger partial charge in [-0.05, 0) is 27.0 Å². The van der Waals surface area contributed by atoms with Crippen LogP contribution in [0.4, 0.5) is 5.69 Å². The van der Waals surface area contributed by atoms with Gasteiger partial charge in [0.2, 0.25) is 0 Å². The number of sulfonamides is 1. The van der Waals surface area contributed by atoms with Gasteiger partial charge in [0, 0.05) is 24.5 Å². The molecule has 2 N–H and O–H groups in total. The van der Waals surface area contributed by atoms with Crippen LogP contribution in [0, 0.1) is 0 Å². The summed E-state index contributed by atoms with van der Waals surface area (Å²) in [5.74, 6) is 0. The normalized spacial score (nSPS) is 11.8. The second kappa shape index (κ2) is 6.23. The smallest absolute Gasteiger partial charge is 0.263 e. The predicted octanol–water partition coefficient (Wildman–Crippen LogP) is 1.38. The third-order valence-electron chi connectivity index (χ3n) is 2.94. The summed E-state index contributed by atoms with van der Waals surface area (Å²) in [7, 11) is -1.82. The van der Waals surface area contributed by atoms with Crippen LogP contribution in [0.3, 0.4) is 0 Å². The highest BCUT2D eigenvalue weighted by Crippen LogP contribution is 2.21. The molecule has 0 radical (unpaired) electrons. The zero-order valence-electron chi connectivity index (χ0n) is 12.2. The average Bonchev–Trinajstić information content (AvgIpc) is 2.85. The number of anilines is 1. The van der Waals surface area contributed by atoms with Crippen LogP contribution in [0.25, 0.3) is 0 Å². The van der Waals surface area contributed by atoms with E-state index in [0.29, 0.717) is 12.2 Å². The molecule has 0 saturated carbocycles. The van der Waals surface area contributed by atoms with E-state index in [1.54, 1.807) is 12.3 Å². The van der Waals surface area contributed by atoms with Crippen molar-refractivity contribution in [1.82, 2.24) is 19.9 Å². The fourth-order valence-electron chi connectivity index (χ4n) is 2.01. The van der Waals surface area contributed by atoms with Crippen molar-refractivity contribution >= 4 is 15.7 Å². The first-order chi connectivity index (χ1) is 9.94. The molecule has 2 rings (SSSR count). The first kappa shape index (κ1) is 15.5. The molecular formula is C13H19N5O2S. The maximum Gasteiger partial charge on any atom is 0.263 e. The maximum absolute atomic E-state index is 12.4. The van der Waals surface area contributed by atoms with Gasteiger partial charge in [-0.1, -0.05) is 0 Å². The molecule has 0 fully saturated rings. The predicted molar refractivity (Wildman–Crippen MR) is 80.4 cm³/mol. The minimum Gasteiger partial charge on any atom is -0.346 e. The van der Waals surface area contributed by atoms with E-state index < -0.39 is 10.0 Å². The highest BCUT2D eigenvalue weighted by atomic mass is 32.2. The van der Waals surface area contributed by atoms with Gasteiger partial charge >= 0.3 is 0 Å². The van der Waals surface area contributed by atoms with Crippen molar-refractivity contribution in [3.63, 3.8) is 0 Å². The van der Waals surface area contributed by atoms with Gasteiger partial charge in [-0.25, -0.2) is 18.4 Å². The molecule has 7 nitrogen and oxygen atoms in total. The molecule has 0 aliphatic carbocycles. The van der Waals surface area contributed by atoms with Crippen LogP contribution in [0.1, 0.15) is 25.6 Å². The van der Waals surface area contributed by atoms with Crippen LogP contribution < -0.4 is 10.0 Å². The first-order valence-electron chi connectivity index (χ1n) is 6.57. The molecular weight excluding hydrogens is 290 g/mol. The second-order valence-corrected chi connectivity index (χ2v) is 6.61. The van der Waals surface area contributed by atoms with Crippen molar-refractivity contribution in [2.45, 2.75) is 31.3 Å². The van der Waals surface area contributed by atoms with Crippen molar-refractivity contribution < 1.29 is 8.42 Å². The SMILES string of the molecule is CNCc1cc(S(=O)(=O)Nc2cncnc2)cn1C(C)C. The third-order valence-corrected chi connectivity index (χ3v) is 4.29. The van der Waals surface area contributed by atoms with E-state index in [1.165, 1.54) is 18.7 Å². The Bertz CT molecular complexity index is 695. The first-order valence-corrected chi connectivity index (χ1v) is 8.05. The molecule has 8 heteroatoms. The Hall–Kier alpha value is -1.93. The van der Waals surface area contributed by atoms with E-state index in [9.17, 15) is 8.42 Å². The van der Waals surface area contributed by atoms with E-state index in [-0.39, 0.29) is 10.9 Å². The summed E-state index contributed by atoms with van der Waals surface area (Å²) in [6.07, 6.45) is 5.82. The van der Waals surface area contributed by atoms with Gasteiger partial charge in [0.15, 0.2) is 0 Å². The number of nitrogens with one attached hydrogen (secondary N) is 2. The van der Waals surface area contributed by atoms with E-state index >= 15 is 0 Å². The summed E-state index contributed by atoms with van der Waals surface area (Å²) < 4.78 is 29.2. The Balaban J connectivity index is 2.34. The minimum absolute atomic E-state index is 0.178. The standard InChI is InChI=1S/C13H19N5O2S/c1-10(2)18-8-13(4-12(18)7-14-3)21(19,20)17-11-5-15-9-16-6-11/h4-6,8-10,14,17H,7H2,1-3H3. The largest absolute Gasteiger partial charge is 0.346 e. The van der Waals surface area contributed by atoms with Crippen LogP contribution in [0.5, 0.6) is 0 Å². The van der Waals surface area contributed by atoms with Crippen LogP contribution in [0.15, 0.2) is 35.9 Å². The molecule has 21 heavy (non-hydrogen) atoms. The zero-order chi connectivity index (χ0) is 15.5. The molecule has 0 aromatic carbocycles. The number of nitrogens with zero attached hydrogens (tertiary/aromatic N) is 3. The monoisotopic (exact) mass is 309 g/mol. The Kier molecular flexibility index (Phi) is 4.59. The molecule has 0 spiro atoms. The highest BCUT2D eigenvalue weighted by Gasteiger charge is 2.19. The Morgan fingerprint density at radius 3 is 2.52 bits per heavy atom. The fourth-order valence-corrected chi connectivity index (χ4v) is 3.09. The summed E-state index contributed by atoms with van der Waals surface area (Å²) in [5, 5.41) is 3.04. The van der Waals surface area contributed by atoms with Gasteiger partial charge < -0.3 is 9.88 Å². The summed E-state index contributed by atoms with van der Waals surface area (Å²) in [5.41, 5.74) is 1.25. The lowest BCUT2D eigenvalue weighted by Crippen LogP contribution is -2.12. The van der Waals surface area contributed by atoms with Gasteiger partial charge in [-0.15, -0.1) is 0 Å². The molecule has 0 amide bonds. The number of aromatic nitrogens is 3. The molecule has 2 aromatic heterocycles. The maximum atomic E-state index is 12.4. The van der Waals surface area contributed by atoms with Gasteiger partial charge in [0.05, 0.1) is 18.1 Å². The van der Waals surface area contributed by atoms with E-state index in [0.717, 1.165) is 5.69 Å². The van der Waals surface area contributed by atoms with Crippen molar-refractivity contribution in [3.05, 3.63) is 36.7 Å². The summed E-state index contributed by atoms with van der Waals surface area (Å²) in [6, 6.07) is 1.85. The Morgan fingerprint density at radius 1 is 1.29 bits per heavy atom. The molecule has 0 aliphatic rings. The van der Waals surface area contributed by atoms with Crippen molar-refractivity contribution in [1.29, 1.82) is 0 Å². The molecule has 0 atom stereocenters. The van der Waals surface area contributed by atoms with Crippen LogP contribution in [0.2, 0.25) is 0 Å². The lowest BCUT2D eigenvalue weighted by Gasteiger charge is -2.12. The molecule has 2 aromatic rings. The topological polar surface area (TPSA) is 88.9 Å². The summed E-state index contributed by atoms with van der Waals surface area (Å²) in [4.78, 5) is 7.81. The zero-order valence-corrected chi connectivity index (χ0v) is 13.1. The minimum atomic E-state index is -3.65. The Labute approximate surface area is 124 Å². The molecule has 0 saturated heterocycles. The lowest BCUT2D eigenvalue weighted by molar-refractivity contribution is 0.562. The molecule has 2 heterocycles. The van der Waals surface area contributed by atoms with Gasteiger partial charge in [-0.2, -0.15) is 0 Å². The third kappa shape index (κ3) is 3.59. The second-order valence-electron chi connectivity index (χ2n) is 4.93. The number of rotatable bonds is 6. The van der Waals surface area contributed by atoms with Crippen LogP contribution in [-0.4, -0.2) is 30.0 Å². The average molecular weight is 309 g/mol. The Morgan fingerprint density at radius 2 is 1.95 bits per heavy atom. The highest BCUT2D eigenvalue weighted by molar-refractivity contribution is 7.92.